The zero-order chi connectivity index (χ0) is 20.9. The van der Waals surface area contributed by atoms with E-state index in [1.165, 1.54) is 0 Å². The monoisotopic (exact) mass is 418 g/mol. The van der Waals surface area contributed by atoms with E-state index in [1.54, 1.807) is 12.3 Å². The van der Waals surface area contributed by atoms with Gasteiger partial charge in [0.2, 0.25) is 5.89 Å². The molecular weight excluding hydrogens is 400 g/mol. The second kappa shape index (κ2) is 8.71. The number of pyridine rings is 1. The van der Waals surface area contributed by atoms with Crippen molar-refractivity contribution in [3.05, 3.63) is 72.4 Å². The zero-order valence-corrected chi connectivity index (χ0v) is 16.9. The molecule has 0 saturated heterocycles. The number of hydrogen-bond acceptors (Lipinski definition) is 6. The summed E-state index contributed by atoms with van der Waals surface area (Å²) in [6.07, 6.45) is 1.66. The summed E-state index contributed by atoms with van der Waals surface area (Å²) in [5.74, 6) is 0.721. The maximum atomic E-state index is 12.1. The topological polar surface area (TPSA) is 89.3 Å². The zero-order valence-electron chi connectivity index (χ0n) is 16.1. The van der Waals surface area contributed by atoms with Crippen LogP contribution in [0.5, 0.6) is 5.75 Å². The van der Waals surface area contributed by atoms with Gasteiger partial charge in [-0.1, -0.05) is 23.8 Å². The van der Waals surface area contributed by atoms with Crippen molar-refractivity contribution in [2.75, 3.05) is 11.9 Å². The first-order chi connectivity index (χ1) is 14.6. The minimum atomic E-state index is -0.353. The summed E-state index contributed by atoms with van der Waals surface area (Å²) < 4.78 is 11.2. The lowest BCUT2D eigenvalue weighted by Crippen LogP contribution is -2.37. The second-order valence-corrected chi connectivity index (χ2v) is 6.94. The third kappa shape index (κ3) is 4.79. The SMILES string of the molecule is Cc1ccc(OCC(=O)NC(=S)Nc2cccc(-c3nc4ncccc4o3)c2)cc1. The molecule has 30 heavy (non-hydrogen) atoms. The fourth-order valence-corrected chi connectivity index (χ4v) is 2.96. The van der Waals surface area contributed by atoms with Crippen molar-refractivity contribution in [3.8, 4) is 17.2 Å². The molecule has 8 heteroatoms. The summed E-state index contributed by atoms with van der Waals surface area (Å²) in [5.41, 5.74) is 3.72. The fourth-order valence-electron chi connectivity index (χ4n) is 2.73. The Balaban J connectivity index is 1.35. The van der Waals surface area contributed by atoms with E-state index in [4.69, 9.17) is 21.4 Å². The smallest absolute Gasteiger partial charge is 0.264 e. The molecule has 4 aromatic rings. The molecule has 0 atom stereocenters. The van der Waals surface area contributed by atoms with E-state index >= 15 is 0 Å². The van der Waals surface area contributed by atoms with Gasteiger partial charge in [0.25, 0.3) is 5.91 Å². The van der Waals surface area contributed by atoms with Crippen molar-refractivity contribution in [3.63, 3.8) is 0 Å². The van der Waals surface area contributed by atoms with E-state index in [-0.39, 0.29) is 17.6 Å². The van der Waals surface area contributed by atoms with Crippen LogP contribution in [-0.4, -0.2) is 27.6 Å². The fraction of sp³-hybridized carbons (Fsp3) is 0.0909. The standard InChI is InChI=1S/C22H18N4O3S/c1-14-7-9-17(10-8-14)28-13-19(27)25-22(30)24-16-5-2-4-15(12-16)21-26-20-18(29-21)6-3-11-23-20/h2-12H,13H2,1H3,(H2,24,25,27,30). The molecule has 0 aliphatic heterocycles. The van der Waals surface area contributed by atoms with Gasteiger partial charge in [0, 0.05) is 17.4 Å². The molecule has 0 radical (unpaired) electrons. The van der Waals surface area contributed by atoms with Gasteiger partial charge < -0.3 is 14.5 Å². The van der Waals surface area contributed by atoms with Gasteiger partial charge in [0.1, 0.15) is 5.75 Å². The van der Waals surface area contributed by atoms with E-state index in [0.717, 1.165) is 11.1 Å². The van der Waals surface area contributed by atoms with Gasteiger partial charge in [-0.05, 0) is 61.6 Å². The largest absolute Gasteiger partial charge is 0.484 e. The predicted molar refractivity (Wildman–Crippen MR) is 118 cm³/mol. The number of thiocarbonyl (C=S) groups is 1. The number of fused-ring (bicyclic) bond motifs is 1. The predicted octanol–water partition coefficient (Wildman–Crippen LogP) is 4.09. The number of ether oxygens (including phenoxy) is 1. The molecule has 0 fully saturated rings. The molecule has 2 N–H and O–H groups in total. The highest BCUT2D eigenvalue weighted by Gasteiger charge is 2.10. The highest BCUT2D eigenvalue weighted by Crippen LogP contribution is 2.25. The third-order valence-corrected chi connectivity index (χ3v) is 4.38. The summed E-state index contributed by atoms with van der Waals surface area (Å²) in [7, 11) is 0. The molecule has 4 rings (SSSR count). The average molecular weight is 418 g/mol. The maximum absolute atomic E-state index is 12.1. The number of anilines is 1. The molecule has 0 bridgehead atoms. The molecule has 0 unspecified atom stereocenters. The summed E-state index contributed by atoms with van der Waals surface area (Å²) in [5, 5.41) is 5.75. The van der Waals surface area contributed by atoms with E-state index in [9.17, 15) is 4.79 Å². The van der Waals surface area contributed by atoms with Crippen LogP contribution >= 0.6 is 12.2 Å². The van der Waals surface area contributed by atoms with Crippen molar-refractivity contribution >= 4 is 40.2 Å². The molecule has 150 valence electrons. The Kier molecular flexibility index (Phi) is 5.67. The van der Waals surface area contributed by atoms with Crippen LogP contribution in [0.1, 0.15) is 5.56 Å². The minimum absolute atomic E-state index is 0.138. The number of aromatic nitrogens is 2. The minimum Gasteiger partial charge on any atom is -0.484 e. The van der Waals surface area contributed by atoms with Crippen LogP contribution < -0.4 is 15.4 Å². The summed E-state index contributed by atoms with van der Waals surface area (Å²) >= 11 is 5.23. The summed E-state index contributed by atoms with van der Waals surface area (Å²) in [4.78, 5) is 20.6. The third-order valence-electron chi connectivity index (χ3n) is 4.18. The van der Waals surface area contributed by atoms with Gasteiger partial charge in [-0.2, -0.15) is 4.98 Å². The van der Waals surface area contributed by atoms with Crippen LogP contribution in [0.2, 0.25) is 0 Å². The lowest BCUT2D eigenvalue weighted by atomic mass is 10.2. The molecule has 7 nitrogen and oxygen atoms in total. The number of nitrogens with zero attached hydrogens (tertiary/aromatic N) is 2. The summed E-state index contributed by atoms with van der Waals surface area (Å²) in [6.45, 7) is 1.84. The van der Waals surface area contributed by atoms with Crippen molar-refractivity contribution < 1.29 is 13.9 Å². The van der Waals surface area contributed by atoms with Gasteiger partial charge in [-0.25, -0.2) is 4.98 Å². The Morgan fingerprint density at radius 3 is 2.77 bits per heavy atom. The van der Waals surface area contributed by atoms with Crippen LogP contribution in [0.3, 0.4) is 0 Å². The van der Waals surface area contributed by atoms with Gasteiger partial charge in [-0.15, -0.1) is 0 Å². The quantitative estimate of drug-likeness (QED) is 0.472. The first-order valence-electron chi connectivity index (χ1n) is 9.19. The Labute approximate surface area is 178 Å². The highest BCUT2D eigenvalue weighted by molar-refractivity contribution is 7.80. The number of amides is 1. The first kappa shape index (κ1) is 19.5. The number of benzene rings is 2. The average Bonchev–Trinajstić information content (AvgIpc) is 3.18. The van der Waals surface area contributed by atoms with E-state index in [2.05, 4.69) is 20.6 Å². The molecule has 0 saturated carbocycles. The Morgan fingerprint density at radius 2 is 1.97 bits per heavy atom. The number of carbonyl (C=O) groups excluding carboxylic acids is 1. The van der Waals surface area contributed by atoms with Crippen LogP contribution in [0.15, 0.2) is 71.3 Å². The Morgan fingerprint density at radius 1 is 1.13 bits per heavy atom. The van der Waals surface area contributed by atoms with Gasteiger partial charge in [-0.3, -0.25) is 10.1 Å². The number of nitrogens with one attached hydrogen (secondary N) is 2. The molecule has 2 aromatic carbocycles. The van der Waals surface area contributed by atoms with E-state index in [1.807, 2.05) is 61.5 Å². The highest BCUT2D eigenvalue weighted by atomic mass is 32.1. The summed E-state index contributed by atoms with van der Waals surface area (Å²) in [6, 6.07) is 18.4. The lowest BCUT2D eigenvalue weighted by Gasteiger charge is -2.11. The number of carbonyl (C=O) groups is 1. The molecule has 2 aromatic heterocycles. The van der Waals surface area contributed by atoms with Crippen LogP contribution in [-0.2, 0) is 4.79 Å². The molecule has 0 aliphatic rings. The van der Waals surface area contributed by atoms with Gasteiger partial charge in [0.05, 0.1) is 0 Å². The van der Waals surface area contributed by atoms with E-state index < -0.39 is 0 Å². The molecule has 0 aliphatic carbocycles. The Bertz CT molecular complexity index is 1170. The number of rotatable bonds is 5. The van der Waals surface area contributed by atoms with Crippen LogP contribution in [0.4, 0.5) is 5.69 Å². The molecule has 0 spiro atoms. The van der Waals surface area contributed by atoms with E-state index in [0.29, 0.717) is 28.6 Å². The molecular formula is C22H18N4O3S. The maximum Gasteiger partial charge on any atom is 0.264 e. The number of oxazole rings is 1. The molecule has 2 heterocycles. The normalized spacial score (nSPS) is 10.6. The van der Waals surface area contributed by atoms with Crippen LogP contribution in [0.25, 0.3) is 22.7 Å². The van der Waals surface area contributed by atoms with Crippen LogP contribution in [0, 0.1) is 6.92 Å². The van der Waals surface area contributed by atoms with Gasteiger partial charge >= 0.3 is 0 Å². The van der Waals surface area contributed by atoms with Crippen molar-refractivity contribution in [1.29, 1.82) is 0 Å². The lowest BCUT2D eigenvalue weighted by molar-refractivity contribution is -0.121. The molecule has 1 amide bonds. The first-order valence-corrected chi connectivity index (χ1v) is 9.60. The van der Waals surface area contributed by atoms with Crippen molar-refractivity contribution in [1.82, 2.24) is 15.3 Å². The van der Waals surface area contributed by atoms with Crippen molar-refractivity contribution in [2.24, 2.45) is 0 Å². The van der Waals surface area contributed by atoms with Crippen molar-refractivity contribution in [2.45, 2.75) is 6.92 Å². The van der Waals surface area contributed by atoms with Gasteiger partial charge in [0.15, 0.2) is 22.9 Å². The second-order valence-electron chi connectivity index (χ2n) is 6.53. The number of aryl methyl sites for hydroxylation is 1. The Hall–Kier alpha value is -3.78. The number of hydrogen-bond donors (Lipinski definition) is 2.